The van der Waals surface area contributed by atoms with E-state index in [1.165, 1.54) is 0 Å². The van der Waals surface area contributed by atoms with Crippen molar-refractivity contribution in [3.63, 3.8) is 0 Å². The van der Waals surface area contributed by atoms with E-state index in [0.29, 0.717) is 17.9 Å². The van der Waals surface area contributed by atoms with E-state index >= 15 is 0 Å². The zero-order valence-electron chi connectivity index (χ0n) is 11.8. The number of hydrogen-bond acceptors (Lipinski definition) is 4. The van der Waals surface area contributed by atoms with Crippen LogP contribution in [-0.4, -0.2) is 18.8 Å². The van der Waals surface area contributed by atoms with Crippen molar-refractivity contribution in [2.45, 2.75) is 11.3 Å². The number of amides is 1. The van der Waals surface area contributed by atoms with Gasteiger partial charge >= 0.3 is 0 Å². The summed E-state index contributed by atoms with van der Waals surface area (Å²) in [5, 5.41) is 2.83. The highest BCUT2D eigenvalue weighted by Gasteiger charge is 2.06. The van der Waals surface area contributed by atoms with Gasteiger partial charge in [0.2, 0.25) is 5.91 Å². The van der Waals surface area contributed by atoms with Crippen LogP contribution in [0.25, 0.3) is 0 Å². The number of nitrogens with one attached hydrogen (secondary N) is 1. The Hall–Kier alpha value is -2.14. The van der Waals surface area contributed by atoms with Gasteiger partial charge in [-0.1, -0.05) is 18.2 Å². The molecule has 0 radical (unpaired) electrons. The Balaban J connectivity index is 1.82. The molecule has 5 heteroatoms. The highest BCUT2D eigenvalue weighted by molar-refractivity contribution is 7.99. The van der Waals surface area contributed by atoms with Crippen LogP contribution in [0.4, 0.5) is 11.4 Å². The maximum Gasteiger partial charge on any atom is 0.225 e. The monoisotopic (exact) mass is 302 g/mol. The van der Waals surface area contributed by atoms with Gasteiger partial charge in [-0.2, -0.15) is 0 Å². The summed E-state index contributed by atoms with van der Waals surface area (Å²) < 4.78 is 5.28. The van der Waals surface area contributed by atoms with Gasteiger partial charge < -0.3 is 15.8 Å². The van der Waals surface area contributed by atoms with E-state index in [0.717, 1.165) is 16.3 Å². The van der Waals surface area contributed by atoms with Crippen LogP contribution in [0.1, 0.15) is 6.42 Å². The summed E-state index contributed by atoms with van der Waals surface area (Å²) in [6.07, 6.45) is 0.428. The van der Waals surface area contributed by atoms with Gasteiger partial charge in [0.25, 0.3) is 0 Å². The SMILES string of the molecule is COc1ccccc1SCCC(=O)Nc1cccc(N)c1. The van der Waals surface area contributed by atoms with E-state index in [9.17, 15) is 4.79 Å². The quantitative estimate of drug-likeness (QED) is 0.634. The first-order valence-corrected chi connectivity index (χ1v) is 7.59. The minimum Gasteiger partial charge on any atom is -0.496 e. The van der Waals surface area contributed by atoms with Crippen LogP contribution in [0.3, 0.4) is 0 Å². The standard InChI is InChI=1S/C16H18N2O2S/c1-20-14-7-2-3-8-15(14)21-10-9-16(19)18-13-6-4-5-12(17)11-13/h2-8,11H,9-10,17H2,1H3,(H,18,19). The van der Waals surface area contributed by atoms with Gasteiger partial charge in [0.15, 0.2) is 0 Å². The van der Waals surface area contributed by atoms with E-state index in [-0.39, 0.29) is 5.91 Å². The number of hydrogen-bond donors (Lipinski definition) is 2. The Labute approximate surface area is 128 Å². The lowest BCUT2D eigenvalue weighted by Crippen LogP contribution is -2.12. The summed E-state index contributed by atoms with van der Waals surface area (Å²) in [4.78, 5) is 12.9. The van der Waals surface area contributed by atoms with Crippen molar-refractivity contribution in [1.82, 2.24) is 0 Å². The summed E-state index contributed by atoms with van der Waals surface area (Å²) in [5.74, 6) is 1.50. The second-order valence-corrected chi connectivity index (χ2v) is 5.56. The number of nitrogens with two attached hydrogens (primary N) is 1. The fourth-order valence-electron chi connectivity index (χ4n) is 1.83. The smallest absolute Gasteiger partial charge is 0.225 e. The summed E-state index contributed by atoms with van der Waals surface area (Å²) in [5.41, 5.74) is 7.03. The molecule has 4 nitrogen and oxygen atoms in total. The largest absolute Gasteiger partial charge is 0.496 e. The van der Waals surface area contributed by atoms with Crippen LogP contribution in [0, 0.1) is 0 Å². The molecule has 21 heavy (non-hydrogen) atoms. The Kier molecular flexibility index (Phi) is 5.51. The lowest BCUT2D eigenvalue weighted by Gasteiger charge is -2.08. The van der Waals surface area contributed by atoms with Crippen molar-refractivity contribution in [3.05, 3.63) is 48.5 Å². The molecule has 110 valence electrons. The number of para-hydroxylation sites is 1. The van der Waals surface area contributed by atoms with E-state index < -0.39 is 0 Å². The molecule has 0 spiro atoms. The first-order valence-electron chi connectivity index (χ1n) is 6.60. The number of carbonyl (C=O) groups is 1. The summed E-state index contributed by atoms with van der Waals surface area (Å²) in [6.45, 7) is 0. The van der Waals surface area contributed by atoms with E-state index in [4.69, 9.17) is 10.5 Å². The highest BCUT2D eigenvalue weighted by atomic mass is 32.2. The molecular formula is C16H18N2O2S. The number of carbonyl (C=O) groups excluding carboxylic acids is 1. The molecule has 2 aromatic carbocycles. The van der Waals surface area contributed by atoms with Crippen molar-refractivity contribution in [1.29, 1.82) is 0 Å². The Morgan fingerprint density at radius 2 is 2.05 bits per heavy atom. The second kappa shape index (κ2) is 7.59. The zero-order chi connectivity index (χ0) is 15.1. The molecule has 0 bridgehead atoms. The normalized spacial score (nSPS) is 10.1. The van der Waals surface area contributed by atoms with Gasteiger partial charge in [0.1, 0.15) is 5.75 Å². The maximum atomic E-state index is 11.9. The van der Waals surface area contributed by atoms with E-state index in [1.54, 1.807) is 31.0 Å². The average Bonchev–Trinajstić information content (AvgIpc) is 2.47. The minimum absolute atomic E-state index is 0.0250. The van der Waals surface area contributed by atoms with Crippen molar-refractivity contribution in [2.75, 3.05) is 23.9 Å². The number of rotatable bonds is 6. The van der Waals surface area contributed by atoms with Crippen LogP contribution in [0.2, 0.25) is 0 Å². The molecule has 0 unspecified atom stereocenters. The maximum absolute atomic E-state index is 11.9. The molecule has 1 amide bonds. The third-order valence-corrected chi connectivity index (χ3v) is 3.88. The molecular weight excluding hydrogens is 284 g/mol. The topological polar surface area (TPSA) is 64.3 Å². The Bertz CT molecular complexity index is 617. The molecule has 0 heterocycles. The summed E-state index contributed by atoms with van der Waals surface area (Å²) in [6, 6.07) is 14.9. The van der Waals surface area contributed by atoms with Crippen LogP contribution in [-0.2, 0) is 4.79 Å². The zero-order valence-corrected chi connectivity index (χ0v) is 12.7. The van der Waals surface area contributed by atoms with Gasteiger partial charge in [-0.25, -0.2) is 0 Å². The van der Waals surface area contributed by atoms with Gasteiger partial charge in [-0.3, -0.25) is 4.79 Å². The number of ether oxygens (including phenoxy) is 1. The minimum atomic E-state index is -0.0250. The molecule has 0 aliphatic heterocycles. The number of nitrogen functional groups attached to an aromatic ring is 1. The molecule has 2 aromatic rings. The molecule has 3 N–H and O–H groups in total. The number of anilines is 2. The van der Waals surface area contributed by atoms with E-state index in [1.807, 2.05) is 36.4 Å². The van der Waals surface area contributed by atoms with Gasteiger partial charge in [0.05, 0.1) is 7.11 Å². The Morgan fingerprint density at radius 3 is 2.81 bits per heavy atom. The summed E-state index contributed by atoms with van der Waals surface area (Å²) in [7, 11) is 1.64. The summed E-state index contributed by atoms with van der Waals surface area (Å²) >= 11 is 1.60. The third-order valence-electron chi connectivity index (χ3n) is 2.83. The highest BCUT2D eigenvalue weighted by Crippen LogP contribution is 2.29. The van der Waals surface area contributed by atoms with Gasteiger partial charge in [0, 0.05) is 28.4 Å². The molecule has 0 atom stereocenters. The molecule has 0 fully saturated rings. The van der Waals surface area contributed by atoms with Crippen LogP contribution in [0.5, 0.6) is 5.75 Å². The fourth-order valence-corrected chi connectivity index (χ4v) is 2.81. The van der Waals surface area contributed by atoms with Crippen molar-refractivity contribution in [2.24, 2.45) is 0 Å². The lowest BCUT2D eigenvalue weighted by molar-refractivity contribution is -0.115. The molecule has 0 saturated carbocycles. The predicted octanol–water partition coefficient (Wildman–Crippen LogP) is 3.40. The molecule has 0 saturated heterocycles. The van der Waals surface area contributed by atoms with Crippen molar-refractivity contribution >= 4 is 29.0 Å². The molecule has 2 rings (SSSR count). The Morgan fingerprint density at radius 1 is 1.24 bits per heavy atom. The molecule has 0 aliphatic rings. The van der Waals surface area contributed by atoms with Crippen LogP contribution in [0.15, 0.2) is 53.4 Å². The van der Waals surface area contributed by atoms with Crippen LogP contribution < -0.4 is 15.8 Å². The van der Waals surface area contributed by atoms with Gasteiger partial charge in [-0.15, -0.1) is 11.8 Å². The second-order valence-electron chi connectivity index (χ2n) is 4.42. The fraction of sp³-hybridized carbons (Fsp3) is 0.188. The van der Waals surface area contributed by atoms with Crippen molar-refractivity contribution in [3.8, 4) is 5.75 Å². The van der Waals surface area contributed by atoms with Gasteiger partial charge in [-0.05, 0) is 30.3 Å². The molecule has 0 aromatic heterocycles. The van der Waals surface area contributed by atoms with Crippen molar-refractivity contribution < 1.29 is 9.53 Å². The first-order chi connectivity index (χ1) is 10.2. The first kappa shape index (κ1) is 15.3. The number of thioether (sulfide) groups is 1. The predicted molar refractivity (Wildman–Crippen MR) is 87.8 cm³/mol. The van der Waals surface area contributed by atoms with E-state index in [2.05, 4.69) is 5.32 Å². The van der Waals surface area contributed by atoms with Crippen LogP contribution >= 0.6 is 11.8 Å². The average molecular weight is 302 g/mol. The lowest BCUT2D eigenvalue weighted by atomic mass is 10.3. The third kappa shape index (κ3) is 4.72. The number of benzene rings is 2. The number of methoxy groups -OCH3 is 1. The molecule has 0 aliphatic carbocycles.